The van der Waals surface area contributed by atoms with E-state index in [1.54, 1.807) is 12.1 Å². The first-order valence-electron chi connectivity index (χ1n) is 9.67. The highest BCUT2D eigenvalue weighted by Gasteiger charge is 2.39. The number of fused-ring (bicyclic) bond motifs is 1. The maximum absolute atomic E-state index is 12.6. The highest BCUT2D eigenvalue weighted by Crippen LogP contribution is 2.30. The van der Waals surface area contributed by atoms with Crippen LogP contribution < -0.4 is 15.4 Å². The second-order valence-electron chi connectivity index (χ2n) is 7.05. The molecular weight excluding hydrogens is 362 g/mol. The molecule has 2 aliphatic heterocycles. The van der Waals surface area contributed by atoms with Crippen LogP contribution in [0.3, 0.4) is 0 Å². The summed E-state index contributed by atoms with van der Waals surface area (Å²) in [6.45, 7) is 1.64. The number of hydrogen-bond acceptors (Lipinski definition) is 5. The van der Waals surface area contributed by atoms with Gasteiger partial charge >= 0.3 is 0 Å². The molecule has 2 aliphatic rings. The van der Waals surface area contributed by atoms with Gasteiger partial charge in [0.1, 0.15) is 11.8 Å². The predicted octanol–water partition coefficient (Wildman–Crippen LogP) is 1.13. The largest absolute Gasteiger partial charge is 0.494 e. The maximum atomic E-state index is 12.6. The zero-order chi connectivity index (χ0) is 19.9. The molecule has 0 bridgehead atoms. The van der Waals surface area contributed by atoms with E-state index in [-0.39, 0.29) is 18.2 Å². The van der Waals surface area contributed by atoms with E-state index in [4.69, 9.17) is 4.74 Å². The van der Waals surface area contributed by atoms with Crippen molar-refractivity contribution < 1.29 is 23.9 Å². The van der Waals surface area contributed by atoms with Crippen LogP contribution in [0.2, 0.25) is 0 Å². The minimum atomic E-state index is -0.601. The SMILES string of the molecule is O=CNCCCCCCOc1ccc2c(c1)CN(C1CCC(=O)NC1=O)C2=O. The number of carbonyl (C=O) groups excluding carboxylic acids is 4. The number of hydrogen-bond donors (Lipinski definition) is 2. The molecule has 150 valence electrons. The third-order valence-electron chi connectivity index (χ3n) is 5.06. The summed E-state index contributed by atoms with van der Waals surface area (Å²) in [7, 11) is 0. The van der Waals surface area contributed by atoms with Crippen LogP contribution in [-0.2, 0) is 20.9 Å². The molecule has 0 saturated carbocycles. The van der Waals surface area contributed by atoms with Crippen LogP contribution in [0.4, 0.5) is 0 Å². The molecule has 0 radical (unpaired) electrons. The lowest BCUT2D eigenvalue weighted by Crippen LogP contribution is -2.52. The van der Waals surface area contributed by atoms with Gasteiger partial charge in [-0.3, -0.25) is 24.5 Å². The number of nitrogens with zero attached hydrogens (tertiary/aromatic N) is 1. The number of imide groups is 1. The summed E-state index contributed by atoms with van der Waals surface area (Å²) >= 11 is 0. The Morgan fingerprint density at radius 2 is 2.00 bits per heavy atom. The number of rotatable bonds is 10. The van der Waals surface area contributed by atoms with Gasteiger partial charge in [0, 0.05) is 25.1 Å². The number of amides is 4. The van der Waals surface area contributed by atoms with Crippen molar-refractivity contribution in [3.63, 3.8) is 0 Å². The van der Waals surface area contributed by atoms with Crippen LogP contribution >= 0.6 is 0 Å². The average molecular weight is 387 g/mol. The van der Waals surface area contributed by atoms with Crippen molar-refractivity contribution in [1.82, 2.24) is 15.5 Å². The van der Waals surface area contributed by atoms with Gasteiger partial charge in [0.15, 0.2) is 0 Å². The molecule has 2 N–H and O–H groups in total. The summed E-state index contributed by atoms with van der Waals surface area (Å²) < 4.78 is 5.78. The zero-order valence-electron chi connectivity index (χ0n) is 15.7. The smallest absolute Gasteiger partial charge is 0.255 e. The quantitative estimate of drug-likeness (QED) is 0.356. The van der Waals surface area contributed by atoms with Gasteiger partial charge < -0.3 is 15.0 Å². The third kappa shape index (κ3) is 4.68. The number of ether oxygens (including phenoxy) is 1. The molecule has 0 aliphatic carbocycles. The minimum absolute atomic E-state index is 0.181. The van der Waals surface area contributed by atoms with E-state index in [2.05, 4.69) is 10.6 Å². The van der Waals surface area contributed by atoms with Gasteiger partial charge in [-0.15, -0.1) is 0 Å². The normalized spacial score (nSPS) is 18.6. The molecule has 2 heterocycles. The Kier molecular flexibility index (Phi) is 6.62. The van der Waals surface area contributed by atoms with Crippen LogP contribution in [0.15, 0.2) is 18.2 Å². The molecule has 0 spiro atoms. The first-order valence-corrected chi connectivity index (χ1v) is 9.67. The van der Waals surface area contributed by atoms with Gasteiger partial charge in [0.25, 0.3) is 5.91 Å². The van der Waals surface area contributed by atoms with Crippen LogP contribution in [-0.4, -0.2) is 48.2 Å². The van der Waals surface area contributed by atoms with E-state index in [9.17, 15) is 19.2 Å². The van der Waals surface area contributed by atoms with Gasteiger partial charge in [0.2, 0.25) is 18.2 Å². The predicted molar refractivity (Wildman–Crippen MR) is 101 cm³/mol. The second kappa shape index (κ2) is 9.34. The molecule has 8 heteroatoms. The lowest BCUT2D eigenvalue weighted by atomic mass is 10.0. The van der Waals surface area contributed by atoms with Crippen LogP contribution in [0.25, 0.3) is 0 Å². The first-order chi connectivity index (χ1) is 13.6. The Hall–Kier alpha value is -2.90. The monoisotopic (exact) mass is 387 g/mol. The van der Waals surface area contributed by atoms with Crippen molar-refractivity contribution in [3.05, 3.63) is 29.3 Å². The van der Waals surface area contributed by atoms with E-state index < -0.39 is 11.9 Å². The Morgan fingerprint density at radius 1 is 1.18 bits per heavy atom. The van der Waals surface area contributed by atoms with Gasteiger partial charge in [-0.05, 0) is 43.0 Å². The van der Waals surface area contributed by atoms with Crippen LogP contribution in [0.1, 0.15) is 54.4 Å². The van der Waals surface area contributed by atoms with Crippen molar-refractivity contribution in [3.8, 4) is 5.75 Å². The molecule has 1 fully saturated rings. The van der Waals surface area contributed by atoms with Crippen LogP contribution in [0.5, 0.6) is 5.75 Å². The lowest BCUT2D eigenvalue weighted by molar-refractivity contribution is -0.136. The highest BCUT2D eigenvalue weighted by atomic mass is 16.5. The summed E-state index contributed by atoms with van der Waals surface area (Å²) in [6.07, 6.45) is 5.24. The summed E-state index contributed by atoms with van der Waals surface area (Å²) in [4.78, 5) is 47.7. The Labute approximate surface area is 163 Å². The fourth-order valence-corrected chi connectivity index (χ4v) is 3.57. The van der Waals surface area contributed by atoms with Crippen molar-refractivity contribution in [2.24, 2.45) is 0 Å². The molecule has 0 aromatic heterocycles. The van der Waals surface area contributed by atoms with Crippen molar-refractivity contribution >= 4 is 24.1 Å². The number of unbranched alkanes of at least 4 members (excludes halogenated alkanes) is 3. The molecule has 28 heavy (non-hydrogen) atoms. The van der Waals surface area contributed by atoms with Gasteiger partial charge in [-0.1, -0.05) is 12.8 Å². The summed E-state index contributed by atoms with van der Waals surface area (Å²) in [5, 5.41) is 4.94. The van der Waals surface area contributed by atoms with E-state index in [0.717, 1.165) is 31.2 Å². The third-order valence-corrected chi connectivity index (χ3v) is 5.06. The Bertz CT molecular complexity index is 764. The molecule has 8 nitrogen and oxygen atoms in total. The Balaban J connectivity index is 1.49. The number of nitrogens with one attached hydrogen (secondary N) is 2. The summed E-state index contributed by atoms with van der Waals surface area (Å²) in [5.74, 6) is -0.169. The van der Waals surface area contributed by atoms with Crippen LogP contribution in [0, 0.1) is 0 Å². The Morgan fingerprint density at radius 3 is 2.79 bits per heavy atom. The number of carbonyl (C=O) groups is 4. The van der Waals surface area contributed by atoms with Crippen molar-refractivity contribution in [2.45, 2.75) is 51.1 Å². The summed E-state index contributed by atoms with van der Waals surface area (Å²) in [5.41, 5.74) is 1.42. The topological polar surface area (TPSA) is 105 Å². The van der Waals surface area contributed by atoms with E-state index >= 15 is 0 Å². The highest BCUT2D eigenvalue weighted by molar-refractivity contribution is 6.05. The average Bonchev–Trinajstić information content (AvgIpc) is 3.00. The second-order valence-corrected chi connectivity index (χ2v) is 7.05. The molecular formula is C20H25N3O5. The number of piperidine rings is 1. The fourth-order valence-electron chi connectivity index (χ4n) is 3.57. The number of benzene rings is 1. The fraction of sp³-hybridized carbons (Fsp3) is 0.500. The molecule has 3 rings (SSSR count). The van der Waals surface area contributed by atoms with Crippen molar-refractivity contribution in [2.75, 3.05) is 13.2 Å². The van der Waals surface area contributed by atoms with Crippen molar-refractivity contribution in [1.29, 1.82) is 0 Å². The molecule has 1 atom stereocenters. The molecule has 1 aromatic carbocycles. The van der Waals surface area contributed by atoms with E-state index in [0.29, 0.717) is 43.8 Å². The lowest BCUT2D eigenvalue weighted by Gasteiger charge is -2.29. The molecule has 1 unspecified atom stereocenters. The minimum Gasteiger partial charge on any atom is -0.494 e. The first kappa shape index (κ1) is 19.9. The van der Waals surface area contributed by atoms with E-state index in [1.807, 2.05) is 6.07 Å². The zero-order valence-corrected chi connectivity index (χ0v) is 15.7. The maximum Gasteiger partial charge on any atom is 0.255 e. The van der Waals surface area contributed by atoms with Gasteiger partial charge in [-0.2, -0.15) is 0 Å². The molecule has 1 aromatic rings. The molecule has 4 amide bonds. The van der Waals surface area contributed by atoms with Gasteiger partial charge in [0.05, 0.1) is 6.61 Å². The van der Waals surface area contributed by atoms with Gasteiger partial charge in [-0.25, -0.2) is 0 Å². The van der Waals surface area contributed by atoms with E-state index in [1.165, 1.54) is 4.90 Å². The summed E-state index contributed by atoms with van der Waals surface area (Å²) in [6, 6.07) is 4.77. The molecule has 1 saturated heterocycles. The standard InChI is InChI=1S/C20H25N3O5/c24-13-21-9-3-1-2-4-10-28-15-5-6-16-14(11-15)12-23(20(16)27)17-7-8-18(25)22-19(17)26/h5-6,11,13,17H,1-4,7-10,12H2,(H,21,24)(H,22,25,26).